The van der Waals surface area contributed by atoms with Gasteiger partial charge in [-0.05, 0) is 29.8 Å². The highest BCUT2D eigenvalue weighted by Gasteiger charge is 2.26. The Labute approximate surface area is 156 Å². The van der Waals surface area contributed by atoms with Crippen LogP contribution in [0.2, 0.25) is 5.02 Å². The van der Waals surface area contributed by atoms with Gasteiger partial charge >= 0.3 is 6.01 Å². The van der Waals surface area contributed by atoms with E-state index in [0.29, 0.717) is 36.6 Å². The van der Waals surface area contributed by atoms with Crippen LogP contribution in [0.25, 0.3) is 11.4 Å². The first-order valence-corrected chi connectivity index (χ1v) is 8.71. The van der Waals surface area contributed by atoms with Crippen LogP contribution in [0.15, 0.2) is 53.1 Å². The molecule has 0 aliphatic carbocycles. The molecule has 0 radical (unpaired) electrons. The van der Waals surface area contributed by atoms with Gasteiger partial charge in [0.25, 0.3) is 0 Å². The van der Waals surface area contributed by atoms with Crippen molar-refractivity contribution in [3.63, 3.8) is 0 Å². The van der Waals surface area contributed by atoms with Gasteiger partial charge in [-0.25, -0.2) is 0 Å². The van der Waals surface area contributed by atoms with Gasteiger partial charge in [0.05, 0.1) is 20.3 Å². The zero-order chi connectivity index (χ0) is 17.9. The lowest BCUT2D eigenvalue weighted by molar-refractivity contribution is 0.0376. The first kappa shape index (κ1) is 16.9. The second-order valence-corrected chi connectivity index (χ2v) is 6.43. The zero-order valence-electron chi connectivity index (χ0n) is 14.3. The number of rotatable bonds is 4. The summed E-state index contributed by atoms with van der Waals surface area (Å²) >= 11 is 5.96. The minimum Gasteiger partial charge on any atom is -0.497 e. The van der Waals surface area contributed by atoms with Crippen molar-refractivity contribution in [1.82, 2.24) is 10.1 Å². The molecule has 0 amide bonds. The highest BCUT2D eigenvalue weighted by atomic mass is 35.5. The standard InChI is InChI=1S/C19H18ClN3O3/c1-24-16-4-2-3-14(11-16)18-21-19(26-22-18)23-9-10-25-17(12-23)13-5-7-15(20)8-6-13/h2-8,11,17H,9-10,12H2,1H3. The van der Waals surface area contributed by atoms with Crippen molar-refractivity contribution < 1.29 is 14.0 Å². The summed E-state index contributed by atoms with van der Waals surface area (Å²) in [5.74, 6) is 1.29. The number of hydrogen-bond acceptors (Lipinski definition) is 6. The molecule has 1 atom stereocenters. The van der Waals surface area contributed by atoms with Crippen LogP contribution in [0.4, 0.5) is 6.01 Å². The number of ether oxygens (including phenoxy) is 2. The molecule has 1 aromatic heterocycles. The van der Waals surface area contributed by atoms with Gasteiger partial charge in [-0.3, -0.25) is 0 Å². The Bertz CT molecular complexity index is 882. The van der Waals surface area contributed by atoms with E-state index in [1.54, 1.807) is 7.11 Å². The average Bonchev–Trinajstić information content (AvgIpc) is 3.19. The summed E-state index contributed by atoms with van der Waals surface area (Å²) in [5, 5.41) is 4.81. The number of aromatic nitrogens is 2. The van der Waals surface area contributed by atoms with E-state index in [4.69, 9.17) is 25.6 Å². The lowest BCUT2D eigenvalue weighted by Crippen LogP contribution is -2.38. The Morgan fingerprint density at radius 1 is 1.19 bits per heavy atom. The molecular formula is C19H18ClN3O3. The minimum atomic E-state index is -0.0619. The Kier molecular flexibility index (Phi) is 4.77. The van der Waals surface area contributed by atoms with Crippen LogP contribution in [0, 0.1) is 0 Å². The van der Waals surface area contributed by atoms with Gasteiger partial charge in [0.15, 0.2) is 0 Å². The third-order valence-corrected chi connectivity index (χ3v) is 4.57. The predicted octanol–water partition coefficient (Wildman–Crippen LogP) is 3.98. The third kappa shape index (κ3) is 3.52. The van der Waals surface area contributed by atoms with Gasteiger partial charge in [-0.15, -0.1) is 0 Å². The summed E-state index contributed by atoms with van der Waals surface area (Å²) < 4.78 is 16.6. The van der Waals surface area contributed by atoms with E-state index in [1.807, 2.05) is 53.4 Å². The number of methoxy groups -OCH3 is 1. The van der Waals surface area contributed by atoms with E-state index in [-0.39, 0.29) is 6.10 Å². The highest BCUT2D eigenvalue weighted by molar-refractivity contribution is 6.30. The van der Waals surface area contributed by atoms with Crippen molar-refractivity contribution in [3.05, 3.63) is 59.1 Å². The predicted molar refractivity (Wildman–Crippen MR) is 98.6 cm³/mol. The van der Waals surface area contributed by atoms with E-state index in [9.17, 15) is 0 Å². The van der Waals surface area contributed by atoms with Crippen LogP contribution in [0.1, 0.15) is 11.7 Å². The van der Waals surface area contributed by atoms with Gasteiger partial charge in [0.1, 0.15) is 11.9 Å². The Balaban J connectivity index is 1.52. The molecule has 0 saturated carbocycles. The van der Waals surface area contributed by atoms with Crippen LogP contribution in [0.3, 0.4) is 0 Å². The summed E-state index contributed by atoms with van der Waals surface area (Å²) in [6.07, 6.45) is -0.0619. The molecule has 0 N–H and O–H groups in total. The molecule has 1 saturated heterocycles. The zero-order valence-corrected chi connectivity index (χ0v) is 15.0. The highest BCUT2D eigenvalue weighted by Crippen LogP contribution is 2.28. The van der Waals surface area contributed by atoms with E-state index < -0.39 is 0 Å². The SMILES string of the molecule is COc1cccc(-c2noc(N3CCOC(c4ccc(Cl)cc4)C3)n2)c1. The molecule has 7 heteroatoms. The number of benzene rings is 2. The van der Waals surface area contributed by atoms with E-state index >= 15 is 0 Å². The first-order chi connectivity index (χ1) is 12.7. The van der Waals surface area contributed by atoms with Crippen LogP contribution < -0.4 is 9.64 Å². The van der Waals surface area contributed by atoms with Gasteiger partial charge in [0.2, 0.25) is 5.82 Å². The molecule has 0 bridgehead atoms. The summed E-state index contributed by atoms with van der Waals surface area (Å²) in [5.41, 5.74) is 1.92. The topological polar surface area (TPSA) is 60.6 Å². The number of anilines is 1. The molecule has 3 aromatic rings. The summed E-state index contributed by atoms with van der Waals surface area (Å²) in [4.78, 5) is 6.58. The van der Waals surface area contributed by atoms with Crippen molar-refractivity contribution in [2.45, 2.75) is 6.10 Å². The van der Waals surface area contributed by atoms with Gasteiger partial charge < -0.3 is 18.9 Å². The molecule has 1 aliphatic rings. The molecule has 134 valence electrons. The molecule has 1 aliphatic heterocycles. The fourth-order valence-corrected chi connectivity index (χ4v) is 3.05. The van der Waals surface area contributed by atoms with Gasteiger partial charge in [0, 0.05) is 17.1 Å². The smallest absolute Gasteiger partial charge is 0.324 e. The molecule has 0 spiro atoms. The molecule has 1 fully saturated rings. The normalized spacial score (nSPS) is 17.3. The van der Waals surface area contributed by atoms with Gasteiger partial charge in [-0.1, -0.05) is 41.0 Å². The summed E-state index contributed by atoms with van der Waals surface area (Å²) in [6, 6.07) is 15.8. The summed E-state index contributed by atoms with van der Waals surface area (Å²) in [6.45, 7) is 1.93. The molecular weight excluding hydrogens is 354 g/mol. The minimum absolute atomic E-state index is 0.0619. The number of halogens is 1. The Morgan fingerprint density at radius 2 is 2.04 bits per heavy atom. The van der Waals surface area contributed by atoms with Crippen LogP contribution >= 0.6 is 11.6 Å². The number of nitrogens with zero attached hydrogens (tertiary/aromatic N) is 3. The number of hydrogen-bond donors (Lipinski definition) is 0. The van der Waals surface area contributed by atoms with Crippen LogP contribution in [-0.4, -0.2) is 36.9 Å². The fourth-order valence-electron chi connectivity index (χ4n) is 2.93. The van der Waals surface area contributed by atoms with Crippen LogP contribution in [0.5, 0.6) is 5.75 Å². The molecule has 1 unspecified atom stereocenters. The maximum absolute atomic E-state index is 5.96. The van der Waals surface area contributed by atoms with Crippen molar-refractivity contribution in [2.75, 3.05) is 31.7 Å². The van der Waals surface area contributed by atoms with Crippen LogP contribution in [-0.2, 0) is 4.74 Å². The second-order valence-electron chi connectivity index (χ2n) is 5.99. The maximum Gasteiger partial charge on any atom is 0.324 e. The van der Waals surface area contributed by atoms with Crippen molar-refractivity contribution >= 4 is 17.6 Å². The molecule has 26 heavy (non-hydrogen) atoms. The van der Waals surface area contributed by atoms with E-state index in [2.05, 4.69) is 10.1 Å². The fraction of sp³-hybridized carbons (Fsp3) is 0.263. The first-order valence-electron chi connectivity index (χ1n) is 8.33. The monoisotopic (exact) mass is 371 g/mol. The summed E-state index contributed by atoms with van der Waals surface area (Å²) in [7, 11) is 1.63. The van der Waals surface area contributed by atoms with E-state index in [0.717, 1.165) is 16.9 Å². The van der Waals surface area contributed by atoms with Crippen molar-refractivity contribution in [2.24, 2.45) is 0 Å². The number of morpholine rings is 1. The molecule has 2 aromatic carbocycles. The lowest BCUT2D eigenvalue weighted by Gasteiger charge is -2.31. The van der Waals surface area contributed by atoms with Gasteiger partial charge in [-0.2, -0.15) is 4.98 Å². The van der Waals surface area contributed by atoms with Crippen molar-refractivity contribution in [3.8, 4) is 17.1 Å². The quantitative estimate of drug-likeness (QED) is 0.691. The Morgan fingerprint density at radius 3 is 2.85 bits per heavy atom. The lowest BCUT2D eigenvalue weighted by atomic mass is 10.1. The largest absolute Gasteiger partial charge is 0.497 e. The average molecular weight is 372 g/mol. The third-order valence-electron chi connectivity index (χ3n) is 4.32. The van der Waals surface area contributed by atoms with E-state index in [1.165, 1.54) is 0 Å². The Hall–Kier alpha value is -2.57. The molecule has 2 heterocycles. The van der Waals surface area contributed by atoms with Crippen molar-refractivity contribution in [1.29, 1.82) is 0 Å². The second kappa shape index (κ2) is 7.35. The molecule has 6 nitrogen and oxygen atoms in total. The maximum atomic E-state index is 5.96. The molecule has 4 rings (SSSR count).